The standard InChI is InChI=1S/C43H68O5/c1-3-5-7-9-11-13-15-17-19-21-23-25-27-29-31-33-35-37-42(45)47-40-41(39-44)48-43(46)38-36-34-32-30-28-26-24-22-20-18-16-14-12-10-8-6-4-2/h6,8,11-14,17-20,23-26,30,32,41,44H,3-5,7,9-10,15-16,21-22,27-29,31,33-40H2,1-2H3/b8-6+,13-11+,14-12+,19-17+,20-18+,25-23+,26-24+,32-30+/t41-/m0/s1. The van der Waals surface area contributed by atoms with Crippen molar-refractivity contribution in [3.63, 3.8) is 0 Å². The summed E-state index contributed by atoms with van der Waals surface area (Å²) >= 11 is 0. The Morgan fingerprint density at radius 3 is 1.40 bits per heavy atom. The average molecular weight is 665 g/mol. The smallest absolute Gasteiger partial charge is 0.306 e. The maximum absolute atomic E-state index is 12.1. The molecule has 0 rings (SSSR count). The Balaban J connectivity index is 3.76. The second-order valence-corrected chi connectivity index (χ2v) is 11.9. The van der Waals surface area contributed by atoms with Crippen molar-refractivity contribution in [3.8, 4) is 0 Å². The highest BCUT2D eigenvalue weighted by Gasteiger charge is 2.15. The highest BCUT2D eigenvalue weighted by atomic mass is 16.6. The van der Waals surface area contributed by atoms with E-state index in [1.54, 1.807) is 0 Å². The van der Waals surface area contributed by atoms with E-state index in [9.17, 15) is 14.7 Å². The molecule has 0 saturated carbocycles. The molecule has 0 spiro atoms. The number of hydrogen-bond donors (Lipinski definition) is 1. The molecular formula is C43H68O5. The van der Waals surface area contributed by atoms with E-state index in [4.69, 9.17) is 9.47 Å². The molecule has 0 amide bonds. The number of carbonyl (C=O) groups is 2. The third-order valence-corrected chi connectivity index (χ3v) is 7.36. The van der Waals surface area contributed by atoms with E-state index < -0.39 is 6.10 Å². The number of carbonyl (C=O) groups excluding carboxylic acids is 2. The SMILES string of the molecule is CC/C=C/C/C=C/C/C=C/C/C=C/C/C=C/CCCC(=O)O[C@@H](CO)COC(=O)CCCCCC/C=C/C/C=C/C/C=C/CCCCC. The fourth-order valence-electron chi connectivity index (χ4n) is 4.53. The van der Waals surface area contributed by atoms with Gasteiger partial charge in [-0.15, -0.1) is 0 Å². The summed E-state index contributed by atoms with van der Waals surface area (Å²) in [6.07, 6.45) is 53.2. The van der Waals surface area contributed by atoms with Crippen LogP contribution in [-0.2, 0) is 19.1 Å². The lowest BCUT2D eigenvalue weighted by molar-refractivity contribution is -0.161. The van der Waals surface area contributed by atoms with Crippen molar-refractivity contribution in [3.05, 3.63) is 97.2 Å². The van der Waals surface area contributed by atoms with E-state index in [-0.39, 0.29) is 31.6 Å². The van der Waals surface area contributed by atoms with Crippen LogP contribution in [0.5, 0.6) is 0 Å². The van der Waals surface area contributed by atoms with Crippen LogP contribution in [-0.4, -0.2) is 36.4 Å². The number of rotatable bonds is 32. The topological polar surface area (TPSA) is 72.8 Å². The fraction of sp³-hybridized carbons (Fsp3) is 0.581. The molecule has 5 nitrogen and oxygen atoms in total. The zero-order valence-corrected chi connectivity index (χ0v) is 30.5. The second-order valence-electron chi connectivity index (χ2n) is 11.9. The van der Waals surface area contributed by atoms with E-state index in [0.29, 0.717) is 12.8 Å². The van der Waals surface area contributed by atoms with Crippen molar-refractivity contribution in [2.24, 2.45) is 0 Å². The molecule has 0 bridgehead atoms. The Morgan fingerprint density at radius 2 is 0.917 bits per heavy atom. The molecule has 48 heavy (non-hydrogen) atoms. The molecule has 0 unspecified atom stereocenters. The maximum atomic E-state index is 12.1. The molecule has 270 valence electrons. The van der Waals surface area contributed by atoms with E-state index in [1.165, 1.54) is 25.7 Å². The van der Waals surface area contributed by atoms with Gasteiger partial charge < -0.3 is 14.6 Å². The predicted molar refractivity (Wildman–Crippen MR) is 205 cm³/mol. The average Bonchev–Trinajstić information content (AvgIpc) is 3.09. The monoisotopic (exact) mass is 665 g/mol. The lowest BCUT2D eigenvalue weighted by Gasteiger charge is -2.15. The summed E-state index contributed by atoms with van der Waals surface area (Å²) in [5.41, 5.74) is 0. The first-order valence-corrected chi connectivity index (χ1v) is 18.8. The number of hydrogen-bond acceptors (Lipinski definition) is 5. The highest BCUT2D eigenvalue weighted by Crippen LogP contribution is 2.09. The van der Waals surface area contributed by atoms with Gasteiger partial charge in [-0.1, -0.05) is 137 Å². The summed E-state index contributed by atoms with van der Waals surface area (Å²) in [4.78, 5) is 24.2. The summed E-state index contributed by atoms with van der Waals surface area (Å²) in [6.45, 7) is 3.90. The van der Waals surface area contributed by atoms with E-state index in [2.05, 4.69) is 111 Å². The molecule has 0 heterocycles. The van der Waals surface area contributed by atoms with Gasteiger partial charge in [0, 0.05) is 12.8 Å². The van der Waals surface area contributed by atoms with Gasteiger partial charge in [-0.3, -0.25) is 9.59 Å². The predicted octanol–water partition coefficient (Wildman–Crippen LogP) is 11.7. The number of unbranched alkanes of at least 4 members (excludes halogenated alkanes) is 8. The molecule has 5 heteroatoms. The molecule has 0 aliphatic heterocycles. The van der Waals surface area contributed by atoms with Gasteiger partial charge in [0.25, 0.3) is 0 Å². The molecule has 0 fully saturated rings. The van der Waals surface area contributed by atoms with E-state index in [0.717, 1.165) is 83.5 Å². The molecule has 1 atom stereocenters. The van der Waals surface area contributed by atoms with Crippen molar-refractivity contribution >= 4 is 11.9 Å². The molecule has 0 aromatic carbocycles. The van der Waals surface area contributed by atoms with E-state index >= 15 is 0 Å². The quantitative estimate of drug-likeness (QED) is 0.0440. The van der Waals surface area contributed by atoms with Gasteiger partial charge in [0.05, 0.1) is 6.61 Å². The zero-order valence-electron chi connectivity index (χ0n) is 30.5. The summed E-state index contributed by atoms with van der Waals surface area (Å²) in [7, 11) is 0. The van der Waals surface area contributed by atoms with Crippen LogP contribution < -0.4 is 0 Å². The molecule has 0 aliphatic carbocycles. The van der Waals surface area contributed by atoms with Crippen LogP contribution in [0.1, 0.15) is 142 Å². The zero-order chi connectivity index (χ0) is 35.0. The van der Waals surface area contributed by atoms with Crippen LogP contribution in [0.3, 0.4) is 0 Å². The molecule has 0 aliphatic rings. The summed E-state index contributed by atoms with van der Waals surface area (Å²) in [5, 5.41) is 9.53. The Bertz CT molecular complexity index is 979. The van der Waals surface area contributed by atoms with Crippen molar-refractivity contribution in [1.82, 2.24) is 0 Å². The maximum Gasteiger partial charge on any atom is 0.306 e. The Labute approximate surface area is 294 Å². The summed E-state index contributed by atoms with van der Waals surface area (Å²) in [6, 6.07) is 0. The van der Waals surface area contributed by atoms with Crippen LogP contribution in [0, 0.1) is 0 Å². The van der Waals surface area contributed by atoms with Crippen LogP contribution in [0.15, 0.2) is 97.2 Å². The highest BCUT2D eigenvalue weighted by molar-refractivity contribution is 5.70. The number of aliphatic hydroxyl groups excluding tert-OH is 1. The van der Waals surface area contributed by atoms with Gasteiger partial charge in [-0.05, 0) is 89.9 Å². The minimum Gasteiger partial charge on any atom is -0.462 e. The van der Waals surface area contributed by atoms with Crippen molar-refractivity contribution < 1.29 is 24.2 Å². The van der Waals surface area contributed by atoms with Crippen LogP contribution in [0.2, 0.25) is 0 Å². The molecule has 0 aromatic rings. The van der Waals surface area contributed by atoms with Crippen molar-refractivity contribution in [2.75, 3.05) is 13.2 Å². The first-order chi connectivity index (χ1) is 23.6. The third kappa shape index (κ3) is 35.7. The Morgan fingerprint density at radius 1 is 0.500 bits per heavy atom. The van der Waals surface area contributed by atoms with Crippen LogP contribution >= 0.6 is 0 Å². The van der Waals surface area contributed by atoms with E-state index in [1.807, 2.05) is 0 Å². The van der Waals surface area contributed by atoms with Gasteiger partial charge in [0.2, 0.25) is 0 Å². The lowest BCUT2D eigenvalue weighted by Crippen LogP contribution is -2.28. The van der Waals surface area contributed by atoms with Crippen molar-refractivity contribution in [2.45, 2.75) is 148 Å². The first kappa shape index (κ1) is 44.8. The molecule has 0 saturated heterocycles. The number of allylic oxidation sites excluding steroid dienone is 16. The normalized spacial score (nSPS) is 13.3. The van der Waals surface area contributed by atoms with Gasteiger partial charge >= 0.3 is 11.9 Å². The third-order valence-electron chi connectivity index (χ3n) is 7.36. The largest absolute Gasteiger partial charge is 0.462 e. The number of aliphatic hydroxyl groups is 1. The Kier molecular flexibility index (Phi) is 35.7. The fourth-order valence-corrected chi connectivity index (χ4v) is 4.53. The van der Waals surface area contributed by atoms with Gasteiger partial charge in [-0.2, -0.15) is 0 Å². The van der Waals surface area contributed by atoms with Crippen LogP contribution in [0.4, 0.5) is 0 Å². The lowest BCUT2D eigenvalue weighted by atomic mass is 10.1. The second kappa shape index (κ2) is 38.3. The molecule has 1 N–H and O–H groups in total. The summed E-state index contributed by atoms with van der Waals surface area (Å²) < 4.78 is 10.5. The van der Waals surface area contributed by atoms with Gasteiger partial charge in [0.1, 0.15) is 6.61 Å². The van der Waals surface area contributed by atoms with Gasteiger partial charge in [0.15, 0.2) is 6.10 Å². The minimum atomic E-state index is -0.816. The van der Waals surface area contributed by atoms with Crippen LogP contribution in [0.25, 0.3) is 0 Å². The minimum absolute atomic E-state index is 0.107. The number of ether oxygens (including phenoxy) is 2. The number of esters is 2. The molecular weight excluding hydrogens is 596 g/mol. The molecule has 0 radical (unpaired) electrons. The van der Waals surface area contributed by atoms with Gasteiger partial charge in [-0.25, -0.2) is 0 Å². The Hall–Kier alpha value is -3.18. The first-order valence-electron chi connectivity index (χ1n) is 18.8. The molecule has 0 aromatic heterocycles. The van der Waals surface area contributed by atoms with Crippen molar-refractivity contribution in [1.29, 1.82) is 0 Å². The summed E-state index contributed by atoms with van der Waals surface area (Å²) in [5.74, 6) is -0.696.